The number of sulfone groups is 1. The molecule has 0 aromatic heterocycles. The number of rotatable bonds is 1. The second-order valence-corrected chi connectivity index (χ2v) is 6.40. The Labute approximate surface area is 71.2 Å². The molecule has 1 rings (SSSR count). The van der Waals surface area contributed by atoms with Crippen molar-refractivity contribution in [1.29, 1.82) is 0 Å². The maximum Gasteiger partial charge on any atom is 0.151 e. The van der Waals surface area contributed by atoms with Gasteiger partial charge >= 0.3 is 0 Å². The molecule has 0 saturated carbocycles. The highest BCUT2D eigenvalue weighted by atomic mass is 32.2. The van der Waals surface area contributed by atoms with Crippen LogP contribution in [-0.2, 0) is 20.0 Å². The first kappa shape index (κ1) is 11.8. The van der Waals surface area contributed by atoms with Crippen LogP contribution >= 0.6 is 0 Å². The first-order valence-corrected chi connectivity index (χ1v) is 6.26. The zero-order valence-corrected chi connectivity index (χ0v) is 8.19. The van der Waals surface area contributed by atoms with Gasteiger partial charge in [-0.2, -0.15) is 0 Å². The fraction of sp³-hybridized carbons (Fsp3) is 1.00. The Morgan fingerprint density at radius 1 is 1.33 bits per heavy atom. The molecule has 4 N–H and O–H groups in total. The lowest BCUT2D eigenvalue weighted by atomic mass is 10.4. The highest BCUT2D eigenvalue weighted by Crippen LogP contribution is 2.17. The minimum Gasteiger partial charge on any atom is -0.748 e. The highest BCUT2D eigenvalue weighted by Gasteiger charge is 2.31. The Kier molecular flexibility index (Phi) is 3.24. The van der Waals surface area contributed by atoms with E-state index in [2.05, 4.69) is 0 Å². The molecular weight excluding hydrogens is 206 g/mol. The van der Waals surface area contributed by atoms with E-state index in [1.807, 2.05) is 0 Å². The van der Waals surface area contributed by atoms with Gasteiger partial charge < -0.3 is 10.7 Å². The smallest absolute Gasteiger partial charge is 0.151 e. The summed E-state index contributed by atoms with van der Waals surface area (Å²) in [7, 11) is -7.66. The van der Waals surface area contributed by atoms with E-state index in [-0.39, 0.29) is 18.3 Å². The largest absolute Gasteiger partial charge is 0.748 e. The Bertz CT molecular complexity index is 342. The predicted molar refractivity (Wildman–Crippen MR) is 42.7 cm³/mol. The van der Waals surface area contributed by atoms with Crippen LogP contribution in [0.2, 0.25) is 0 Å². The van der Waals surface area contributed by atoms with Crippen molar-refractivity contribution in [2.75, 3.05) is 11.5 Å². The quantitative estimate of drug-likeness (QED) is 0.569. The summed E-state index contributed by atoms with van der Waals surface area (Å²) in [4.78, 5) is 0. The molecule has 1 unspecified atom stereocenters. The summed E-state index contributed by atoms with van der Waals surface area (Å²) < 4.78 is 52.3. The Balaban J connectivity index is 0.00000121. The third-order valence-corrected chi connectivity index (χ3v) is 4.80. The Morgan fingerprint density at radius 2 is 1.83 bits per heavy atom. The average molecular weight is 217 g/mol. The van der Waals surface area contributed by atoms with E-state index in [1.165, 1.54) is 0 Å². The molecular formula is C4H11NO5S2. The van der Waals surface area contributed by atoms with Crippen molar-refractivity contribution < 1.29 is 21.4 Å². The van der Waals surface area contributed by atoms with Crippen LogP contribution in [0.15, 0.2) is 0 Å². The van der Waals surface area contributed by atoms with E-state index in [0.29, 0.717) is 0 Å². The molecule has 0 aromatic carbocycles. The van der Waals surface area contributed by atoms with Gasteiger partial charge in [0.2, 0.25) is 0 Å². The molecule has 0 aromatic rings. The second kappa shape index (κ2) is 3.29. The molecule has 8 heteroatoms. The molecule has 0 spiro atoms. The summed E-state index contributed by atoms with van der Waals surface area (Å²) in [6, 6.07) is 0. The average Bonchev–Trinajstić information content (AvgIpc) is 2.07. The molecule has 1 aliphatic rings. The number of hydrogen-bond acceptors (Lipinski definition) is 5. The van der Waals surface area contributed by atoms with Crippen LogP contribution in [0.25, 0.3) is 0 Å². The van der Waals surface area contributed by atoms with Crippen LogP contribution in [0.1, 0.15) is 6.42 Å². The van der Waals surface area contributed by atoms with E-state index in [4.69, 9.17) is 0 Å². The number of quaternary nitrogens is 1. The summed E-state index contributed by atoms with van der Waals surface area (Å²) in [6.45, 7) is 0. The third kappa shape index (κ3) is 2.70. The normalized spacial score (nSPS) is 27.9. The van der Waals surface area contributed by atoms with Crippen molar-refractivity contribution in [3.05, 3.63) is 0 Å². The molecule has 1 heterocycles. The topological polar surface area (TPSA) is 128 Å². The van der Waals surface area contributed by atoms with Gasteiger partial charge in [0.1, 0.15) is 0 Å². The van der Waals surface area contributed by atoms with Crippen LogP contribution in [0, 0.1) is 0 Å². The maximum absolute atomic E-state index is 10.7. The van der Waals surface area contributed by atoms with Crippen LogP contribution in [-0.4, -0.2) is 38.1 Å². The van der Waals surface area contributed by atoms with E-state index in [1.54, 1.807) is 0 Å². The van der Waals surface area contributed by atoms with Crippen LogP contribution in [0.3, 0.4) is 0 Å². The molecule has 0 radical (unpaired) electrons. The Morgan fingerprint density at radius 3 is 2.00 bits per heavy atom. The van der Waals surface area contributed by atoms with Gasteiger partial charge in [0.25, 0.3) is 0 Å². The van der Waals surface area contributed by atoms with Gasteiger partial charge in [-0.3, -0.25) is 0 Å². The predicted octanol–water partition coefficient (Wildman–Crippen LogP) is -0.905. The van der Waals surface area contributed by atoms with Gasteiger partial charge in [-0.05, 0) is 6.42 Å². The first-order valence-electron chi connectivity index (χ1n) is 2.96. The SMILES string of the molecule is O=S1(=O)CCC(S(=O)(=O)[O-])C1.[NH4+]. The lowest BCUT2D eigenvalue weighted by molar-refractivity contribution is 0.451. The molecule has 0 bridgehead atoms. The molecule has 1 atom stereocenters. The standard InChI is InChI=1S/C4H8O5S2.H3N/c5-10(6)2-1-4(3-10)11(7,8)9;/h4H,1-3H2,(H,7,8,9);1H3. The molecule has 1 aliphatic heterocycles. The van der Waals surface area contributed by atoms with Crippen molar-refractivity contribution in [3.8, 4) is 0 Å². The zero-order chi connectivity index (χ0) is 8.70. The van der Waals surface area contributed by atoms with Crippen molar-refractivity contribution in [3.63, 3.8) is 0 Å². The van der Waals surface area contributed by atoms with E-state index < -0.39 is 31.0 Å². The van der Waals surface area contributed by atoms with Crippen molar-refractivity contribution in [2.45, 2.75) is 11.7 Å². The molecule has 0 aliphatic carbocycles. The van der Waals surface area contributed by atoms with E-state index in [9.17, 15) is 21.4 Å². The van der Waals surface area contributed by atoms with Crippen LogP contribution in [0.5, 0.6) is 0 Å². The highest BCUT2D eigenvalue weighted by molar-refractivity contribution is 7.94. The summed E-state index contributed by atoms with van der Waals surface area (Å²) in [5.41, 5.74) is 0. The van der Waals surface area contributed by atoms with Gasteiger partial charge in [-0.25, -0.2) is 16.8 Å². The van der Waals surface area contributed by atoms with Crippen molar-refractivity contribution in [1.82, 2.24) is 6.15 Å². The Hall–Kier alpha value is -0.180. The van der Waals surface area contributed by atoms with Crippen LogP contribution < -0.4 is 6.15 Å². The molecule has 74 valence electrons. The van der Waals surface area contributed by atoms with Gasteiger partial charge in [-0.1, -0.05) is 0 Å². The van der Waals surface area contributed by atoms with Gasteiger partial charge in [-0.15, -0.1) is 0 Å². The lowest BCUT2D eigenvalue weighted by Gasteiger charge is -2.11. The third-order valence-electron chi connectivity index (χ3n) is 1.60. The van der Waals surface area contributed by atoms with E-state index in [0.717, 1.165) is 0 Å². The minimum atomic E-state index is -4.40. The van der Waals surface area contributed by atoms with E-state index >= 15 is 0 Å². The van der Waals surface area contributed by atoms with Crippen molar-refractivity contribution in [2.24, 2.45) is 0 Å². The molecule has 0 amide bonds. The minimum absolute atomic E-state index is 0. The fourth-order valence-electron chi connectivity index (χ4n) is 0.989. The maximum atomic E-state index is 10.7. The molecule has 6 nitrogen and oxygen atoms in total. The van der Waals surface area contributed by atoms with Crippen molar-refractivity contribution >= 4 is 20.0 Å². The first-order chi connectivity index (χ1) is 4.81. The lowest BCUT2D eigenvalue weighted by Crippen LogP contribution is -2.21. The van der Waals surface area contributed by atoms with Gasteiger partial charge in [0.05, 0.1) is 26.9 Å². The van der Waals surface area contributed by atoms with Gasteiger partial charge in [0.15, 0.2) is 9.84 Å². The fourth-order valence-corrected chi connectivity index (χ4v) is 4.38. The zero-order valence-electron chi connectivity index (χ0n) is 6.56. The second-order valence-electron chi connectivity index (χ2n) is 2.52. The molecule has 1 fully saturated rings. The number of hydrogen-bond donors (Lipinski definition) is 1. The summed E-state index contributed by atoms with van der Waals surface area (Å²) in [5.74, 6) is -0.683. The molecule has 12 heavy (non-hydrogen) atoms. The van der Waals surface area contributed by atoms with Gasteiger partial charge in [0, 0.05) is 0 Å². The summed E-state index contributed by atoms with van der Waals surface area (Å²) in [5, 5.41) is -1.22. The summed E-state index contributed by atoms with van der Waals surface area (Å²) >= 11 is 0. The molecule has 1 saturated heterocycles. The van der Waals surface area contributed by atoms with Crippen LogP contribution in [0.4, 0.5) is 0 Å². The monoisotopic (exact) mass is 217 g/mol. The summed E-state index contributed by atoms with van der Waals surface area (Å²) in [6.07, 6.45) is -0.0475.